The fourth-order valence-corrected chi connectivity index (χ4v) is 1.99. The van der Waals surface area contributed by atoms with Crippen LogP contribution in [0.5, 0.6) is 5.88 Å². The lowest BCUT2D eigenvalue weighted by Crippen LogP contribution is -2.30. The van der Waals surface area contributed by atoms with Crippen LogP contribution in [0.1, 0.15) is 17.3 Å². The molecular weight excluding hydrogens is 298 g/mol. The van der Waals surface area contributed by atoms with Crippen LogP contribution in [-0.2, 0) is 0 Å². The first kappa shape index (κ1) is 12.9. The van der Waals surface area contributed by atoms with Crippen molar-refractivity contribution >= 4 is 15.9 Å². The first-order chi connectivity index (χ1) is 8.76. The number of hydrogen-bond donors (Lipinski definition) is 2. The van der Waals surface area contributed by atoms with E-state index in [1.54, 1.807) is 31.9 Å². The summed E-state index contributed by atoms with van der Waals surface area (Å²) in [5.74, 6) is 6.03. The van der Waals surface area contributed by atoms with E-state index in [1.165, 1.54) is 0 Å². The molecule has 7 heteroatoms. The van der Waals surface area contributed by atoms with Crippen molar-refractivity contribution in [3.05, 3.63) is 46.6 Å². The van der Waals surface area contributed by atoms with E-state index in [-0.39, 0.29) is 6.04 Å². The van der Waals surface area contributed by atoms with Gasteiger partial charge in [0.1, 0.15) is 5.69 Å². The average Bonchev–Trinajstić information content (AvgIpc) is 2.40. The third-order valence-corrected chi connectivity index (χ3v) is 2.82. The zero-order chi connectivity index (χ0) is 13.0. The summed E-state index contributed by atoms with van der Waals surface area (Å²) in [4.78, 5) is 12.5. The fourth-order valence-electron chi connectivity index (χ4n) is 1.61. The van der Waals surface area contributed by atoms with Crippen LogP contribution in [0.2, 0.25) is 0 Å². The molecule has 0 aliphatic heterocycles. The minimum absolute atomic E-state index is 0.335. The van der Waals surface area contributed by atoms with Gasteiger partial charge in [0.05, 0.1) is 13.2 Å². The minimum Gasteiger partial charge on any atom is -0.480 e. The maximum absolute atomic E-state index is 5.59. The molecule has 2 heterocycles. The maximum Gasteiger partial charge on any atom is 0.237 e. The van der Waals surface area contributed by atoms with Crippen LogP contribution in [0.25, 0.3) is 0 Å². The van der Waals surface area contributed by atoms with Gasteiger partial charge in [0, 0.05) is 29.3 Å². The molecule has 2 aromatic rings. The van der Waals surface area contributed by atoms with E-state index in [9.17, 15) is 0 Å². The summed E-state index contributed by atoms with van der Waals surface area (Å²) in [5.41, 5.74) is 4.17. The summed E-state index contributed by atoms with van der Waals surface area (Å²) in [7, 11) is 1.54. The van der Waals surface area contributed by atoms with Crippen LogP contribution in [0.3, 0.4) is 0 Å². The van der Waals surface area contributed by atoms with E-state index in [4.69, 9.17) is 10.6 Å². The third-order valence-electron chi connectivity index (χ3n) is 2.38. The monoisotopic (exact) mass is 309 g/mol. The van der Waals surface area contributed by atoms with E-state index in [0.717, 1.165) is 10.0 Å². The van der Waals surface area contributed by atoms with Gasteiger partial charge in [-0.15, -0.1) is 0 Å². The topological polar surface area (TPSA) is 86.0 Å². The Morgan fingerprint density at radius 1 is 1.33 bits per heavy atom. The van der Waals surface area contributed by atoms with Crippen molar-refractivity contribution in [3.8, 4) is 5.88 Å². The van der Waals surface area contributed by atoms with Gasteiger partial charge in [-0.2, -0.15) is 0 Å². The van der Waals surface area contributed by atoms with Gasteiger partial charge in [0.2, 0.25) is 5.88 Å². The molecule has 0 amide bonds. The number of nitrogens with two attached hydrogens (primary N) is 1. The number of nitrogens with one attached hydrogen (secondary N) is 1. The molecular formula is C11H12BrN5O. The van der Waals surface area contributed by atoms with E-state index in [2.05, 4.69) is 36.3 Å². The molecule has 0 fully saturated rings. The lowest BCUT2D eigenvalue weighted by molar-refractivity contribution is 0.383. The van der Waals surface area contributed by atoms with Gasteiger partial charge in [-0.05, 0) is 27.6 Å². The molecule has 0 radical (unpaired) electrons. The second kappa shape index (κ2) is 5.85. The molecule has 2 rings (SSSR count). The van der Waals surface area contributed by atoms with E-state index in [1.807, 2.05) is 6.07 Å². The Morgan fingerprint density at radius 2 is 2.11 bits per heavy atom. The number of ether oxygens (including phenoxy) is 1. The van der Waals surface area contributed by atoms with Gasteiger partial charge >= 0.3 is 0 Å². The molecule has 1 atom stereocenters. The second-order valence-electron chi connectivity index (χ2n) is 3.49. The predicted molar refractivity (Wildman–Crippen MR) is 69.7 cm³/mol. The van der Waals surface area contributed by atoms with Crippen molar-refractivity contribution in [2.75, 3.05) is 7.11 Å². The summed E-state index contributed by atoms with van der Waals surface area (Å²) in [6.07, 6.45) is 6.57. The second-order valence-corrected chi connectivity index (χ2v) is 4.40. The van der Waals surface area contributed by atoms with E-state index < -0.39 is 0 Å². The molecule has 0 aliphatic rings. The van der Waals surface area contributed by atoms with Crippen LogP contribution in [-0.4, -0.2) is 22.1 Å². The van der Waals surface area contributed by atoms with Crippen molar-refractivity contribution in [1.82, 2.24) is 20.4 Å². The van der Waals surface area contributed by atoms with Gasteiger partial charge in [-0.3, -0.25) is 15.8 Å². The number of aromatic nitrogens is 3. The highest BCUT2D eigenvalue weighted by molar-refractivity contribution is 9.10. The van der Waals surface area contributed by atoms with Gasteiger partial charge < -0.3 is 4.74 Å². The first-order valence-corrected chi connectivity index (χ1v) is 5.97. The minimum atomic E-state index is -0.335. The van der Waals surface area contributed by atoms with Gasteiger partial charge in [0.25, 0.3) is 0 Å². The zero-order valence-electron chi connectivity index (χ0n) is 9.67. The predicted octanol–water partition coefficient (Wildman–Crippen LogP) is 1.20. The molecule has 18 heavy (non-hydrogen) atoms. The molecule has 0 aliphatic carbocycles. The number of hydrazine groups is 1. The number of pyridine rings is 1. The highest BCUT2D eigenvalue weighted by Crippen LogP contribution is 2.26. The lowest BCUT2D eigenvalue weighted by atomic mass is 10.1. The quantitative estimate of drug-likeness (QED) is 0.652. The molecule has 0 aromatic carbocycles. The normalized spacial score (nSPS) is 12.2. The van der Waals surface area contributed by atoms with Crippen molar-refractivity contribution in [3.63, 3.8) is 0 Å². The first-order valence-electron chi connectivity index (χ1n) is 5.17. The Balaban J connectivity index is 2.45. The van der Waals surface area contributed by atoms with Gasteiger partial charge in [0.15, 0.2) is 0 Å². The van der Waals surface area contributed by atoms with Crippen LogP contribution in [0.4, 0.5) is 0 Å². The van der Waals surface area contributed by atoms with Gasteiger partial charge in [-0.25, -0.2) is 10.4 Å². The number of nitrogens with zero attached hydrogens (tertiary/aromatic N) is 3. The third kappa shape index (κ3) is 2.63. The summed E-state index contributed by atoms with van der Waals surface area (Å²) in [5, 5.41) is 0. The summed E-state index contributed by atoms with van der Waals surface area (Å²) >= 11 is 3.37. The zero-order valence-corrected chi connectivity index (χ0v) is 11.3. The highest BCUT2D eigenvalue weighted by atomic mass is 79.9. The van der Waals surface area contributed by atoms with E-state index in [0.29, 0.717) is 11.6 Å². The molecule has 94 valence electrons. The number of halogens is 1. The van der Waals surface area contributed by atoms with Crippen molar-refractivity contribution in [2.24, 2.45) is 5.84 Å². The highest BCUT2D eigenvalue weighted by Gasteiger charge is 2.19. The Morgan fingerprint density at radius 3 is 2.78 bits per heavy atom. The maximum atomic E-state index is 5.59. The van der Waals surface area contributed by atoms with Gasteiger partial charge in [-0.1, -0.05) is 0 Å². The Labute approximate surface area is 113 Å². The van der Waals surface area contributed by atoms with Crippen LogP contribution < -0.4 is 16.0 Å². The molecule has 1 unspecified atom stereocenters. The summed E-state index contributed by atoms with van der Waals surface area (Å²) in [6, 6.07) is 1.57. The largest absolute Gasteiger partial charge is 0.480 e. The Hall–Kier alpha value is -1.57. The molecule has 0 saturated heterocycles. The van der Waals surface area contributed by atoms with Crippen molar-refractivity contribution in [2.45, 2.75) is 6.04 Å². The number of hydrogen-bond acceptors (Lipinski definition) is 6. The van der Waals surface area contributed by atoms with Crippen molar-refractivity contribution in [1.29, 1.82) is 0 Å². The standard InChI is InChI=1S/C11H12BrN5O/c1-18-11-10(15-2-3-16-11)9(17-13)7-4-8(12)6-14-5-7/h2-6,9,17H,13H2,1H3. The smallest absolute Gasteiger partial charge is 0.237 e. The molecule has 3 N–H and O–H groups in total. The molecule has 0 saturated carbocycles. The Kier molecular flexibility index (Phi) is 4.19. The lowest BCUT2D eigenvalue weighted by Gasteiger charge is -2.17. The number of rotatable bonds is 4. The SMILES string of the molecule is COc1nccnc1C(NN)c1cncc(Br)c1. The summed E-state index contributed by atoms with van der Waals surface area (Å²) in [6.45, 7) is 0. The van der Waals surface area contributed by atoms with E-state index >= 15 is 0 Å². The molecule has 2 aromatic heterocycles. The molecule has 0 bridgehead atoms. The van der Waals surface area contributed by atoms with Crippen LogP contribution in [0.15, 0.2) is 35.3 Å². The Bertz CT molecular complexity index is 536. The average molecular weight is 310 g/mol. The van der Waals surface area contributed by atoms with Crippen LogP contribution in [0, 0.1) is 0 Å². The fraction of sp³-hybridized carbons (Fsp3) is 0.182. The molecule has 0 spiro atoms. The van der Waals surface area contributed by atoms with Crippen LogP contribution >= 0.6 is 15.9 Å². The van der Waals surface area contributed by atoms with Crippen molar-refractivity contribution < 1.29 is 4.74 Å². The summed E-state index contributed by atoms with van der Waals surface area (Å²) < 4.78 is 6.04. The molecule has 6 nitrogen and oxygen atoms in total. The number of methoxy groups -OCH3 is 1.